The first kappa shape index (κ1) is 26.0. The fourth-order valence-electron chi connectivity index (χ4n) is 3.48. The molecule has 1 aliphatic heterocycles. The van der Waals surface area contributed by atoms with E-state index in [1.54, 1.807) is 0 Å². The molecule has 0 bridgehead atoms. The maximum atomic E-state index is 13.4. The number of alkyl halides is 3. The Morgan fingerprint density at radius 1 is 1.29 bits per heavy atom. The molecule has 0 saturated carbocycles. The van der Waals surface area contributed by atoms with Gasteiger partial charge in [0.25, 0.3) is 5.91 Å². The molecule has 1 saturated heterocycles. The van der Waals surface area contributed by atoms with Crippen LogP contribution in [0.15, 0.2) is 29.4 Å². The largest absolute Gasteiger partial charge is 0.491 e. The van der Waals surface area contributed by atoms with Gasteiger partial charge in [-0.05, 0) is 69.8 Å². The van der Waals surface area contributed by atoms with Crippen LogP contribution >= 0.6 is 11.5 Å². The zero-order valence-corrected chi connectivity index (χ0v) is 20.6. The van der Waals surface area contributed by atoms with Crippen molar-refractivity contribution in [1.82, 2.24) is 9.27 Å². The molecule has 1 aromatic heterocycles. The zero-order chi connectivity index (χ0) is 25.1. The van der Waals surface area contributed by atoms with Crippen LogP contribution in [0.3, 0.4) is 0 Å². The standard InChI is InChI=1S/C24H30F3N3O3S/c1-5-6-7-15-13-30(23(2,3)4)34-22(15)29-21(32)18-12-16(24(25,26)27)8-10-19(18)33-14-17-9-11-20(31)28-17/h8,10,12-13,17H,5-7,9,11,14H2,1-4H3,(H,28,31)/b29-22-/t17-/m0/s1. The zero-order valence-electron chi connectivity index (χ0n) is 19.8. The molecule has 1 aromatic carbocycles. The Morgan fingerprint density at radius 3 is 2.62 bits per heavy atom. The van der Waals surface area contributed by atoms with E-state index < -0.39 is 17.6 Å². The summed E-state index contributed by atoms with van der Waals surface area (Å²) in [6.07, 6.45) is 0.862. The number of unbranched alkanes of at least 4 members (excludes halogenated alkanes) is 1. The van der Waals surface area contributed by atoms with Crippen molar-refractivity contribution in [2.75, 3.05) is 6.61 Å². The van der Waals surface area contributed by atoms with Gasteiger partial charge < -0.3 is 10.1 Å². The van der Waals surface area contributed by atoms with Gasteiger partial charge in [0.2, 0.25) is 5.91 Å². The van der Waals surface area contributed by atoms with Crippen LogP contribution in [0.1, 0.15) is 74.9 Å². The van der Waals surface area contributed by atoms with Crippen LogP contribution in [0.2, 0.25) is 0 Å². The fraction of sp³-hybridized carbons (Fsp3) is 0.542. The second-order valence-electron chi connectivity index (χ2n) is 9.39. The number of benzene rings is 1. The number of rotatable bonds is 7. The van der Waals surface area contributed by atoms with E-state index in [2.05, 4.69) is 17.2 Å². The van der Waals surface area contributed by atoms with Crippen LogP contribution in [-0.4, -0.2) is 28.4 Å². The molecule has 1 aliphatic rings. The summed E-state index contributed by atoms with van der Waals surface area (Å²) in [7, 11) is 0. The number of hydrogen-bond acceptors (Lipinski definition) is 4. The molecule has 1 fully saturated rings. The highest BCUT2D eigenvalue weighted by Gasteiger charge is 2.32. The number of aryl methyl sites for hydroxylation is 1. The number of ether oxygens (including phenoxy) is 1. The van der Waals surface area contributed by atoms with E-state index >= 15 is 0 Å². The van der Waals surface area contributed by atoms with Gasteiger partial charge in [0.15, 0.2) is 0 Å². The van der Waals surface area contributed by atoms with Crippen LogP contribution in [0.5, 0.6) is 5.75 Å². The van der Waals surface area contributed by atoms with Gasteiger partial charge in [-0.3, -0.25) is 13.5 Å². The quantitative estimate of drug-likeness (QED) is 0.581. The number of carbonyl (C=O) groups is 2. The molecule has 1 atom stereocenters. The van der Waals surface area contributed by atoms with Crippen molar-refractivity contribution < 1.29 is 27.5 Å². The Kier molecular flexibility index (Phi) is 7.90. The van der Waals surface area contributed by atoms with E-state index in [9.17, 15) is 22.8 Å². The maximum absolute atomic E-state index is 13.4. The first-order chi connectivity index (χ1) is 15.9. The SMILES string of the molecule is CCCCc1cn(C(C)(C)C)s/c1=N\C(=O)c1cc(C(F)(F)F)ccc1OC[C@@H]1CCC(=O)N1. The average molecular weight is 498 g/mol. The van der Waals surface area contributed by atoms with Gasteiger partial charge in [0.1, 0.15) is 17.0 Å². The van der Waals surface area contributed by atoms with E-state index in [1.165, 1.54) is 11.5 Å². The molecule has 0 unspecified atom stereocenters. The fourth-order valence-corrected chi connectivity index (χ4v) is 4.52. The van der Waals surface area contributed by atoms with Gasteiger partial charge in [-0.2, -0.15) is 18.2 Å². The minimum Gasteiger partial charge on any atom is -0.491 e. The molecule has 1 N–H and O–H groups in total. The Morgan fingerprint density at radius 2 is 2.03 bits per heavy atom. The summed E-state index contributed by atoms with van der Waals surface area (Å²) in [5.74, 6) is -0.882. The monoisotopic (exact) mass is 497 g/mol. The van der Waals surface area contributed by atoms with Gasteiger partial charge in [0.05, 0.1) is 17.2 Å². The van der Waals surface area contributed by atoms with Gasteiger partial charge in [0, 0.05) is 23.7 Å². The molecule has 6 nitrogen and oxygen atoms in total. The van der Waals surface area contributed by atoms with Crippen LogP contribution in [-0.2, 0) is 22.9 Å². The molecular formula is C24H30F3N3O3S. The van der Waals surface area contributed by atoms with Crippen LogP contribution in [0.25, 0.3) is 0 Å². The van der Waals surface area contributed by atoms with Crippen molar-refractivity contribution >= 4 is 23.3 Å². The summed E-state index contributed by atoms with van der Waals surface area (Å²) in [5, 5.41) is 2.74. The number of nitrogens with zero attached hydrogens (tertiary/aromatic N) is 2. The summed E-state index contributed by atoms with van der Waals surface area (Å²) in [6.45, 7) is 8.20. The van der Waals surface area contributed by atoms with Gasteiger partial charge >= 0.3 is 6.18 Å². The average Bonchev–Trinajstić information content (AvgIpc) is 3.35. The molecule has 2 heterocycles. The summed E-state index contributed by atoms with van der Waals surface area (Å²) in [4.78, 5) is 28.8. The lowest BCUT2D eigenvalue weighted by atomic mass is 10.1. The summed E-state index contributed by atoms with van der Waals surface area (Å²) in [6, 6.07) is 2.55. The number of amides is 2. The van der Waals surface area contributed by atoms with Crippen molar-refractivity contribution in [3.05, 3.63) is 45.8 Å². The molecule has 34 heavy (non-hydrogen) atoms. The molecular weight excluding hydrogens is 467 g/mol. The Balaban J connectivity index is 1.99. The third kappa shape index (κ3) is 6.49. The van der Waals surface area contributed by atoms with Crippen molar-refractivity contribution in [1.29, 1.82) is 0 Å². The second-order valence-corrected chi connectivity index (χ2v) is 10.4. The third-order valence-electron chi connectivity index (χ3n) is 5.46. The lowest BCUT2D eigenvalue weighted by molar-refractivity contribution is -0.137. The number of aromatic nitrogens is 1. The molecule has 2 aromatic rings. The van der Waals surface area contributed by atoms with Crippen LogP contribution in [0.4, 0.5) is 13.2 Å². The summed E-state index contributed by atoms with van der Waals surface area (Å²) in [5.41, 5.74) is -0.539. The lowest BCUT2D eigenvalue weighted by Gasteiger charge is -2.19. The van der Waals surface area contributed by atoms with E-state index in [0.717, 1.165) is 43.0 Å². The summed E-state index contributed by atoms with van der Waals surface area (Å²) >= 11 is 1.31. The van der Waals surface area contributed by atoms with E-state index in [0.29, 0.717) is 17.5 Å². The predicted octanol–water partition coefficient (Wildman–Crippen LogP) is 5.06. The number of nitrogens with one attached hydrogen (secondary N) is 1. The third-order valence-corrected chi connectivity index (χ3v) is 6.84. The Bertz CT molecular complexity index is 1110. The van der Waals surface area contributed by atoms with E-state index in [1.807, 2.05) is 30.9 Å². The molecule has 0 radical (unpaired) electrons. The highest BCUT2D eigenvalue weighted by atomic mass is 32.1. The molecule has 2 amide bonds. The summed E-state index contributed by atoms with van der Waals surface area (Å²) < 4.78 is 48.3. The maximum Gasteiger partial charge on any atom is 0.416 e. The topological polar surface area (TPSA) is 72.7 Å². The van der Waals surface area contributed by atoms with Gasteiger partial charge in [-0.25, -0.2) is 0 Å². The minimum absolute atomic E-state index is 0.0123. The van der Waals surface area contributed by atoms with Crippen LogP contribution in [0, 0.1) is 0 Å². The Hall–Kier alpha value is -2.62. The first-order valence-corrected chi connectivity index (χ1v) is 12.1. The smallest absolute Gasteiger partial charge is 0.416 e. The minimum atomic E-state index is -4.61. The highest BCUT2D eigenvalue weighted by Crippen LogP contribution is 2.33. The lowest BCUT2D eigenvalue weighted by Crippen LogP contribution is -2.31. The molecule has 3 rings (SSSR count). The molecule has 186 valence electrons. The first-order valence-electron chi connectivity index (χ1n) is 11.3. The van der Waals surface area contributed by atoms with Gasteiger partial charge in [-0.1, -0.05) is 13.3 Å². The van der Waals surface area contributed by atoms with Gasteiger partial charge in [-0.15, -0.1) is 0 Å². The van der Waals surface area contributed by atoms with Crippen molar-refractivity contribution in [2.45, 2.75) is 77.6 Å². The molecule has 10 heteroatoms. The highest BCUT2D eigenvalue weighted by molar-refractivity contribution is 7.04. The van der Waals surface area contributed by atoms with Crippen molar-refractivity contribution in [3.8, 4) is 5.75 Å². The normalized spacial score (nSPS) is 17.2. The van der Waals surface area contributed by atoms with Crippen LogP contribution < -0.4 is 14.7 Å². The second kappa shape index (κ2) is 10.3. The number of halogens is 3. The van der Waals surface area contributed by atoms with Crippen molar-refractivity contribution in [2.24, 2.45) is 4.99 Å². The molecule has 0 spiro atoms. The number of carbonyl (C=O) groups excluding carboxylic acids is 2. The van der Waals surface area contributed by atoms with E-state index in [4.69, 9.17) is 4.74 Å². The van der Waals surface area contributed by atoms with Crippen molar-refractivity contribution in [3.63, 3.8) is 0 Å². The van der Waals surface area contributed by atoms with E-state index in [-0.39, 0.29) is 35.4 Å². The number of hydrogen-bond donors (Lipinski definition) is 1. The predicted molar refractivity (Wildman–Crippen MR) is 124 cm³/mol. The molecule has 0 aliphatic carbocycles. The Labute approximate surface area is 201 Å².